The molecule has 1 aromatic heterocycles. The summed E-state index contributed by atoms with van der Waals surface area (Å²) in [6.07, 6.45) is 2.79. The third kappa shape index (κ3) is 2.92. The molecule has 1 N–H and O–H groups in total. The van der Waals surface area contributed by atoms with Gasteiger partial charge < -0.3 is 9.15 Å². The molecule has 1 fully saturated rings. The molecule has 2 aromatic rings. The van der Waals surface area contributed by atoms with Crippen molar-refractivity contribution < 1.29 is 23.5 Å². The molecule has 0 unspecified atom stereocenters. The topological polar surface area (TPSA) is 88.8 Å². The summed E-state index contributed by atoms with van der Waals surface area (Å²) in [4.78, 5) is 36.6. The molecule has 0 bridgehead atoms. The van der Waals surface area contributed by atoms with Gasteiger partial charge in [-0.15, -0.1) is 0 Å². The van der Waals surface area contributed by atoms with Crippen LogP contribution in [0.1, 0.15) is 16.1 Å². The molecule has 1 aliphatic heterocycles. The smallest absolute Gasteiger partial charge is 0.340 e. The maximum absolute atomic E-state index is 12.6. The Bertz CT molecular complexity index is 857. The van der Waals surface area contributed by atoms with Gasteiger partial charge >= 0.3 is 5.97 Å². The molecule has 3 rings (SSSR count). The number of esters is 1. The van der Waals surface area contributed by atoms with Gasteiger partial charge in [-0.05, 0) is 59.0 Å². The molecule has 0 saturated carbocycles. The Hall–Kier alpha value is -2.62. The molecule has 122 valence electrons. The third-order valence-electron chi connectivity index (χ3n) is 3.33. The lowest BCUT2D eigenvalue weighted by atomic mass is 10.1. The van der Waals surface area contributed by atoms with Crippen LogP contribution in [0.2, 0.25) is 0 Å². The molecule has 0 atom stereocenters. The summed E-state index contributed by atoms with van der Waals surface area (Å²) < 4.78 is 10.7. The average molecular weight is 438 g/mol. The molecule has 7 nitrogen and oxygen atoms in total. The Balaban J connectivity index is 2.02. The van der Waals surface area contributed by atoms with Crippen molar-refractivity contribution in [3.05, 3.63) is 57.1 Å². The van der Waals surface area contributed by atoms with Gasteiger partial charge in [-0.1, -0.05) is 0 Å². The molecule has 1 saturated heterocycles. The Morgan fingerprint density at radius 2 is 2.12 bits per heavy atom. The summed E-state index contributed by atoms with van der Waals surface area (Å²) in [5, 5.41) is 1.03. The van der Waals surface area contributed by atoms with E-state index in [1.54, 1.807) is 30.3 Å². The lowest BCUT2D eigenvalue weighted by molar-refractivity contribution is -0.117. The minimum Gasteiger partial charge on any atom is -0.465 e. The molecule has 0 radical (unpaired) electrons. The number of nitrogens with one attached hydrogen (secondary N) is 1. The molecule has 8 heteroatoms. The molecular formula is C16H11IN2O5. The first-order valence-corrected chi connectivity index (χ1v) is 7.87. The molecule has 0 spiro atoms. The van der Waals surface area contributed by atoms with Gasteiger partial charge in [-0.25, -0.2) is 9.80 Å². The number of anilines is 1. The number of furan rings is 1. The van der Waals surface area contributed by atoms with Crippen LogP contribution in [0, 0.1) is 3.57 Å². The second kappa shape index (κ2) is 6.48. The first kappa shape index (κ1) is 16.2. The minimum absolute atomic E-state index is 0.0840. The number of hydrazine groups is 1. The van der Waals surface area contributed by atoms with Crippen LogP contribution >= 0.6 is 22.6 Å². The quantitative estimate of drug-likeness (QED) is 0.344. The van der Waals surface area contributed by atoms with E-state index in [2.05, 4.69) is 5.43 Å². The SMILES string of the molecule is COC(=O)c1cc(I)ccc1N1NC(=O)/C(=C\c2ccco2)C1=O. The highest BCUT2D eigenvalue weighted by molar-refractivity contribution is 14.1. The molecule has 24 heavy (non-hydrogen) atoms. The van der Waals surface area contributed by atoms with E-state index >= 15 is 0 Å². The van der Waals surface area contributed by atoms with Crippen molar-refractivity contribution in [3.63, 3.8) is 0 Å². The van der Waals surface area contributed by atoms with E-state index in [0.29, 0.717) is 5.76 Å². The van der Waals surface area contributed by atoms with Crippen LogP contribution in [0.4, 0.5) is 5.69 Å². The maximum Gasteiger partial charge on any atom is 0.340 e. The van der Waals surface area contributed by atoms with E-state index in [1.807, 2.05) is 22.6 Å². The molecular weight excluding hydrogens is 427 g/mol. The fourth-order valence-electron chi connectivity index (χ4n) is 2.22. The number of ether oxygens (including phenoxy) is 1. The summed E-state index contributed by atoms with van der Waals surface area (Å²) in [6, 6.07) is 8.14. The van der Waals surface area contributed by atoms with Crippen molar-refractivity contribution in [2.45, 2.75) is 0 Å². The lowest BCUT2D eigenvalue weighted by Gasteiger charge is -2.18. The number of benzene rings is 1. The fraction of sp³-hybridized carbons (Fsp3) is 0.0625. The number of carbonyl (C=O) groups excluding carboxylic acids is 3. The minimum atomic E-state index is -0.603. The normalized spacial score (nSPS) is 15.8. The summed E-state index contributed by atoms with van der Waals surface area (Å²) in [5.41, 5.74) is 2.78. The number of rotatable bonds is 3. The van der Waals surface area contributed by atoms with E-state index in [-0.39, 0.29) is 16.8 Å². The van der Waals surface area contributed by atoms with Crippen molar-refractivity contribution in [1.82, 2.24) is 5.43 Å². The van der Waals surface area contributed by atoms with Crippen molar-refractivity contribution >= 4 is 52.1 Å². The molecule has 0 aliphatic carbocycles. The molecule has 2 heterocycles. The number of hydrogen-bond donors (Lipinski definition) is 1. The zero-order chi connectivity index (χ0) is 17.3. The van der Waals surface area contributed by atoms with Crippen molar-refractivity contribution in [2.24, 2.45) is 0 Å². The molecule has 1 aliphatic rings. The zero-order valence-corrected chi connectivity index (χ0v) is 14.6. The standard InChI is InChI=1S/C16H11IN2O5/c1-23-16(22)11-7-9(17)4-5-13(11)19-15(21)12(14(20)18-19)8-10-3-2-6-24-10/h2-8H,1H3,(H,18,20)/b12-8+. The van der Waals surface area contributed by atoms with Crippen LogP contribution in [-0.2, 0) is 14.3 Å². The number of carbonyl (C=O) groups is 3. The zero-order valence-electron chi connectivity index (χ0n) is 12.4. The summed E-state index contributed by atoms with van der Waals surface area (Å²) in [6.45, 7) is 0. The Morgan fingerprint density at radius 1 is 1.33 bits per heavy atom. The number of amides is 2. The van der Waals surface area contributed by atoms with E-state index in [4.69, 9.17) is 9.15 Å². The number of nitrogens with zero attached hydrogens (tertiary/aromatic N) is 1. The largest absolute Gasteiger partial charge is 0.465 e. The van der Waals surface area contributed by atoms with E-state index in [1.165, 1.54) is 19.4 Å². The predicted molar refractivity (Wildman–Crippen MR) is 92.8 cm³/mol. The van der Waals surface area contributed by atoms with Gasteiger partial charge in [-0.2, -0.15) is 0 Å². The summed E-state index contributed by atoms with van der Waals surface area (Å²) in [7, 11) is 1.25. The van der Waals surface area contributed by atoms with Gasteiger partial charge in [0.1, 0.15) is 11.3 Å². The van der Waals surface area contributed by atoms with E-state index < -0.39 is 17.8 Å². The number of halogens is 1. The molecule has 2 amide bonds. The van der Waals surface area contributed by atoms with Crippen LogP contribution < -0.4 is 10.4 Å². The van der Waals surface area contributed by atoms with Crippen LogP contribution in [0.3, 0.4) is 0 Å². The fourth-order valence-corrected chi connectivity index (χ4v) is 2.71. The summed E-state index contributed by atoms with van der Waals surface area (Å²) in [5.74, 6) is -1.38. The first-order chi connectivity index (χ1) is 11.5. The second-order valence-electron chi connectivity index (χ2n) is 4.81. The van der Waals surface area contributed by atoms with Crippen LogP contribution in [0.25, 0.3) is 6.08 Å². The van der Waals surface area contributed by atoms with Crippen molar-refractivity contribution in [2.75, 3.05) is 12.1 Å². The monoisotopic (exact) mass is 438 g/mol. The maximum atomic E-state index is 12.6. The van der Waals surface area contributed by atoms with Crippen molar-refractivity contribution in [3.8, 4) is 0 Å². The van der Waals surface area contributed by atoms with Gasteiger partial charge in [0, 0.05) is 3.57 Å². The summed E-state index contributed by atoms with van der Waals surface area (Å²) >= 11 is 2.04. The van der Waals surface area contributed by atoms with Gasteiger partial charge in [0.2, 0.25) is 0 Å². The lowest BCUT2D eigenvalue weighted by Crippen LogP contribution is -2.37. The third-order valence-corrected chi connectivity index (χ3v) is 4.00. The average Bonchev–Trinajstić information content (AvgIpc) is 3.18. The molecule has 1 aromatic carbocycles. The van der Waals surface area contributed by atoms with Crippen molar-refractivity contribution in [1.29, 1.82) is 0 Å². The Morgan fingerprint density at radius 3 is 2.79 bits per heavy atom. The Labute approximate surface area is 150 Å². The predicted octanol–water partition coefficient (Wildman–Crippen LogP) is 2.13. The highest BCUT2D eigenvalue weighted by Crippen LogP contribution is 2.27. The van der Waals surface area contributed by atoms with Gasteiger partial charge in [-0.3, -0.25) is 15.0 Å². The van der Waals surface area contributed by atoms with Gasteiger partial charge in [0.25, 0.3) is 11.8 Å². The number of methoxy groups -OCH3 is 1. The van der Waals surface area contributed by atoms with Crippen LogP contribution in [0.15, 0.2) is 46.6 Å². The van der Waals surface area contributed by atoms with Crippen LogP contribution in [0.5, 0.6) is 0 Å². The van der Waals surface area contributed by atoms with E-state index in [9.17, 15) is 14.4 Å². The highest BCUT2D eigenvalue weighted by atomic mass is 127. The highest BCUT2D eigenvalue weighted by Gasteiger charge is 2.36. The van der Waals surface area contributed by atoms with Gasteiger partial charge in [0.05, 0.1) is 24.6 Å². The Kier molecular flexibility index (Phi) is 4.38. The van der Waals surface area contributed by atoms with Crippen LogP contribution in [-0.4, -0.2) is 24.9 Å². The van der Waals surface area contributed by atoms with E-state index in [0.717, 1.165) is 8.58 Å². The second-order valence-corrected chi connectivity index (χ2v) is 6.05. The van der Waals surface area contributed by atoms with Gasteiger partial charge in [0.15, 0.2) is 0 Å². The number of hydrogen-bond acceptors (Lipinski definition) is 5. The first-order valence-electron chi connectivity index (χ1n) is 6.80.